The van der Waals surface area contributed by atoms with Gasteiger partial charge in [0.1, 0.15) is 12.4 Å². The topological polar surface area (TPSA) is 46.5 Å². The molecule has 2 rings (SSSR count). The summed E-state index contributed by atoms with van der Waals surface area (Å²) in [6, 6.07) is 8.03. The summed E-state index contributed by atoms with van der Waals surface area (Å²) in [5, 5.41) is 7.84. The van der Waals surface area contributed by atoms with Gasteiger partial charge in [0, 0.05) is 5.56 Å². The molecule has 84 valence electrons. The molecule has 0 radical (unpaired) electrons. The van der Waals surface area contributed by atoms with E-state index < -0.39 is 5.97 Å². The van der Waals surface area contributed by atoms with Crippen LogP contribution in [0.3, 0.4) is 0 Å². The fourth-order valence-corrected chi connectivity index (χ4v) is 1.19. The molecule has 0 bridgehead atoms. The van der Waals surface area contributed by atoms with E-state index in [1.54, 1.807) is 0 Å². The normalized spacial score (nSPS) is 11.5. The minimum atomic E-state index is -0.829. The Kier molecular flexibility index (Phi) is 4.86. The highest BCUT2D eigenvalue weighted by molar-refractivity contribution is 5.68. The van der Waals surface area contributed by atoms with Crippen molar-refractivity contribution in [1.82, 2.24) is 0 Å². The van der Waals surface area contributed by atoms with Gasteiger partial charge >= 0.3 is 5.97 Å². The van der Waals surface area contributed by atoms with Crippen LogP contribution in [0.1, 0.15) is 12.0 Å². The van der Waals surface area contributed by atoms with E-state index in [1.165, 1.54) is 11.6 Å². The Hall–Kier alpha value is -2.03. The number of para-hydroxylation sites is 1. The van der Waals surface area contributed by atoms with E-state index in [4.69, 9.17) is 9.84 Å². The van der Waals surface area contributed by atoms with Crippen LogP contribution in [0.25, 0.3) is 6.08 Å². The van der Waals surface area contributed by atoms with Gasteiger partial charge in [-0.1, -0.05) is 30.4 Å². The molecule has 0 atom stereocenters. The second kappa shape index (κ2) is 6.45. The van der Waals surface area contributed by atoms with Gasteiger partial charge in [0.2, 0.25) is 0 Å². The predicted octanol–water partition coefficient (Wildman–Crippen LogP) is 2.74. The van der Waals surface area contributed by atoms with Crippen LogP contribution in [0.4, 0.5) is 0 Å². The number of hydrogen-bond acceptors (Lipinski definition) is 2. The SMILES string of the molecule is C1=Cc2ccccc2OC1.C=CCC(=O)O. The van der Waals surface area contributed by atoms with Gasteiger partial charge in [0.25, 0.3) is 0 Å². The van der Waals surface area contributed by atoms with Crippen molar-refractivity contribution in [3.8, 4) is 5.75 Å². The zero-order chi connectivity index (χ0) is 11.8. The minimum Gasteiger partial charge on any atom is -0.489 e. The Morgan fingerprint density at radius 2 is 2.25 bits per heavy atom. The summed E-state index contributed by atoms with van der Waals surface area (Å²) in [5.74, 6) is 0.162. The molecule has 0 saturated carbocycles. The molecule has 3 nitrogen and oxygen atoms in total. The van der Waals surface area contributed by atoms with Gasteiger partial charge in [-0.3, -0.25) is 4.79 Å². The summed E-state index contributed by atoms with van der Waals surface area (Å²) in [5.41, 5.74) is 1.17. The van der Waals surface area contributed by atoms with Crippen molar-refractivity contribution in [2.24, 2.45) is 0 Å². The highest BCUT2D eigenvalue weighted by Crippen LogP contribution is 2.21. The lowest BCUT2D eigenvalue weighted by Gasteiger charge is -2.10. The van der Waals surface area contributed by atoms with Crippen LogP contribution in [0.15, 0.2) is 43.0 Å². The molecular formula is C13H14O3. The van der Waals surface area contributed by atoms with Gasteiger partial charge in [-0.2, -0.15) is 0 Å². The number of carbonyl (C=O) groups is 1. The molecule has 1 heterocycles. The lowest BCUT2D eigenvalue weighted by Crippen LogP contribution is -1.98. The molecule has 0 spiro atoms. The van der Waals surface area contributed by atoms with E-state index in [1.807, 2.05) is 30.3 Å². The molecule has 0 unspecified atom stereocenters. The first-order chi connectivity index (χ1) is 7.74. The van der Waals surface area contributed by atoms with E-state index in [-0.39, 0.29) is 6.42 Å². The maximum Gasteiger partial charge on any atom is 0.307 e. The highest BCUT2D eigenvalue weighted by atomic mass is 16.5. The van der Waals surface area contributed by atoms with E-state index in [0.717, 1.165) is 5.75 Å². The average molecular weight is 218 g/mol. The van der Waals surface area contributed by atoms with E-state index >= 15 is 0 Å². The van der Waals surface area contributed by atoms with E-state index in [2.05, 4.69) is 12.7 Å². The van der Waals surface area contributed by atoms with Crippen LogP contribution in [0, 0.1) is 0 Å². The molecule has 1 aromatic rings. The Labute approximate surface area is 94.7 Å². The zero-order valence-corrected chi connectivity index (χ0v) is 8.93. The van der Waals surface area contributed by atoms with Crippen molar-refractivity contribution in [3.05, 3.63) is 48.6 Å². The largest absolute Gasteiger partial charge is 0.489 e. The summed E-state index contributed by atoms with van der Waals surface area (Å²) in [7, 11) is 0. The van der Waals surface area contributed by atoms with Crippen molar-refractivity contribution >= 4 is 12.0 Å². The number of carboxylic acids is 1. The lowest BCUT2D eigenvalue weighted by atomic mass is 10.1. The third kappa shape index (κ3) is 4.00. The maximum atomic E-state index is 9.53. The highest BCUT2D eigenvalue weighted by Gasteiger charge is 2.01. The average Bonchev–Trinajstić information content (AvgIpc) is 2.30. The summed E-state index contributed by atoms with van der Waals surface area (Å²) < 4.78 is 5.34. The standard InChI is InChI=1S/C9H8O.C4H6O2/c1-2-6-9-8(4-1)5-3-7-10-9;1-2-3-4(5)6/h1-6H,7H2;2H,1,3H2,(H,5,6). The molecule has 0 amide bonds. The van der Waals surface area contributed by atoms with Crippen molar-refractivity contribution in [2.45, 2.75) is 6.42 Å². The zero-order valence-electron chi connectivity index (χ0n) is 8.93. The van der Waals surface area contributed by atoms with Crippen LogP contribution in [-0.2, 0) is 4.79 Å². The molecule has 1 aromatic carbocycles. The van der Waals surface area contributed by atoms with Gasteiger partial charge in [0.05, 0.1) is 6.42 Å². The summed E-state index contributed by atoms with van der Waals surface area (Å²) >= 11 is 0. The third-order valence-electron chi connectivity index (χ3n) is 1.87. The Morgan fingerprint density at radius 3 is 2.81 bits per heavy atom. The quantitative estimate of drug-likeness (QED) is 0.776. The van der Waals surface area contributed by atoms with Crippen molar-refractivity contribution in [3.63, 3.8) is 0 Å². The number of fused-ring (bicyclic) bond motifs is 1. The maximum absolute atomic E-state index is 9.53. The number of hydrogen-bond donors (Lipinski definition) is 1. The van der Waals surface area contributed by atoms with Crippen LogP contribution < -0.4 is 4.74 Å². The molecule has 3 heteroatoms. The number of ether oxygens (including phenoxy) is 1. The van der Waals surface area contributed by atoms with Crippen LogP contribution in [0.5, 0.6) is 5.75 Å². The smallest absolute Gasteiger partial charge is 0.307 e. The fraction of sp³-hybridized carbons (Fsp3) is 0.154. The second-order valence-corrected chi connectivity index (χ2v) is 3.14. The Balaban J connectivity index is 0.000000187. The van der Waals surface area contributed by atoms with Crippen molar-refractivity contribution < 1.29 is 14.6 Å². The first kappa shape index (κ1) is 12.0. The Morgan fingerprint density at radius 1 is 1.50 bits per heavy atom. The summed E-state index contributed by atoms with van der Waals surface area (Å²) in [4.78, 5) is 9.53. The molecule has 1 aliphatic rings. The molecule has 1 N–H and O–H groups in total. The van der Waals surface area contributed by atoms with Crippen LogP contribution in [-0.4, -0.2) is 17.7 Å². The van der Waals surface area contributed by atoms with Gasteiger partial charge in [0.15, 0.2) is 0 Å². The van der Waals surface area contributed by atoms with Gasteiger partial charge in [-0.25, -0.2) is 0 Å². The van der Waals surface area contributed by atoms with Crippen molar-refractivity contribution in [1.29, 1.82) is 0 Å². The second-order valence-electron chi connectivity index (χ2n) is 3.14. The molecule has 0 aliphatic carbocycles. The van der Waals surface area contributed by atoms with E-state index in [9.17, 15) is 4.79 Å². The molecule has 1 aliphatic heterocycles. The minimum absolute atomic E-state index is 0.0556. The number of carboxylic acid groups (broad SMARTS) is 1. The molecule has 16 heavy (non-hydrogen) atoms. The summed E-state index contributed by atoms with van der Waals surface area (Å²) in [6.07, 6.45) is 5.50. The summed E-state index contributed by atoms with van der Waals surface area (Å²) in [6.45, 7) is 3.93. The van der Waals surface area contributed by atoms with Crippen molar-refractivity contribution in [2.75, 3.05) is 6.61 Å². The third-order valence-corrected chi connectivity index (χ3v) is 1.87. The number of rotatable bonds is 2. The molecule has 0 saturated heterocycles. The number of benzene rings is 1. The first-order valence-corrected chi connectivity index (χ1v) is 4.95. The molecular weight excluding hydrogens is 204 g/mol. The monoisotopic (exact) mass is 218 g/mol. The van der Waals surface area contributed by atoms with Gasteiger partial charge < -0.3 is 9.84 Å². The van der Waals surface area contributed by atoms with E-state index in [0.29, 0.717) is 6.61 Å². The van der Waals surface area contributed by atoms with Gasteiger partial charge in [-0.05, 0) is 12.1 Å². The van der Waals surface area contributed by atoms with Gasteiger partial charge in [-0.15, -0.1) is 6.58 Å². The fourth-order valence-electron chi connectivity index (χ4n) is 1.19. The molecule has 0 aromatic heterocycles. The predicted molar refractivity (Wildman–Crippen MR) is 63.4 cm³/mol. The number of aliphatic carboxylic acids is 1. The molecule has 0 fully saturated rings. The van der Waals surface area contributed by atoms with Crippen LogP contribution in [0.2, 0.25) is 0 Å². The first-order valence-electron chi connectivity index (χ1n) is 4.95. The van der Waals surface area contributed by atoms with Crippen LogP contribution >= 0.6 is 0 Å². The Bertz CT molecular complexity index is 394. The lowest BCUT2D eigenvalue weighted by molar-refractivity contribution is -0.135.